The lowest BCUT2D eigenvalue weighted by Gasteiger charge is -2.23. The van der Waals surface area contributed by atoms with Gasteiger partial charge in [0.1, 0.15) is 0 Å². The minimum atomic E-state index is 0.594. The van der Waals surface area contributed by atoms with Gasteiger partial charge in [0, 0.05) is 18.6 Å². The van der Waals surface area contributed by atoms with Crippen LogP contribution in [-0.4, -0.2) is 37.1 Å². The summed E-state index contributed by atoms with van der Waals surface area (Å²) in [5, 5.41) is 3.42. The van der Waals surface area contributed by atoms with Crippen molar-refractivity contribution in [3.8, 4) is 0 Å². The van der Waals surface area contributed by atoms with Crippen LogP contribution in [-0.2, 0) is 0 Å². The van der Waals surface area contributed by atoms with E-state index in [2.05, 4.69) is 44.6 Å². The van der Waals surface area contributed by atoms with Crippen LogP contribution in [0.1, 0.15) is 27.2 Å². The second kappa shape index (κ2) is 7.10. The quantitative estimate of drug-likeness (QED) is 0.608. The normalized spacial score (nSPS) is 13.7. The van der Waals surface area contributed by atoms with Gasteiger partial charge in [-0.15, -0.1) is 6.58 Å². The van der Waals surface area contributed by atoms with Crippen LogP contribution in [0, 0.1) is 0 Å². The first kappa shape index (κ1) is 12.7. The maximum Gasteiger partial charge on any atom is 0.0160 e. The highest BCUT2D eigenvalue weighted by atomic mass is 15.1. The largest absolute Gasteiger partial charge is 0.314 e. The molecule has 0 aromatic rings. The van der Waals surface area contributed by atoms with Crippen LogP contribution in [0.2, 0.25) is 0 Å². The summed E-state index contributed by atoms with van der Waals surface area (Å²) >= 11 is 0. The zero-order valence-electron chi connectivity index (χ0n) is 9.51. The van der Waals surface area contributed by atoms with Gasteiger partial charge in [0.2, 0.25) is 0 Å². The minimum Gasteiger partial charge on any atom is -0.314 e. The predicted molar refractivity (Wildman–Crippen MR) is 60.0 cm³/mol. The molecule has 0 fully saturated rings. The molecule has 0 aromatic heterocycles. The van der Waals surface area contributed by atoms with Crippen molar-refractivity contribution in [1.82, 2.24) is 10.2 Å². The Bertz CT molecular complexity index is 132. The highest BCUT2D eigenvalue weighted by Crippen LogP contribution is 1.99. The third-order valence-electron chi connectivity index (χ3n) is 2.28. The van der Waals surface area contributed by atoms with Crippen LogP contribution in [0.4, 0.5) is 0 Å². The van der Waals surface area contributed by atoms with Crippen molar-refractivity contribution in [2.45, 2.75) is 39.3 Å². The Morgan fingerprint density at radius 3 is 2.46 bits per heavy atom. The standard InChI is InChI=1S/C11H24N2/c1-6-9-13(5)11(4)7-8-12-10(2)3/h6,10-12H,1,7-9H2,2-5H3. The third kappa shape index (κ3) is 6.79. The van der Waals surface area contributed by atoms with Gasteiger partial charge in [-0.1, -0.05) is 19.9 Å². The molecule has 0 amide bonds. The van der Waals surface area contributed by atoms with Crippen molar-refractivity contribution >= 4 is 0 Å². The lowest BCUT2D eigenvalue weighted by Crippen LogP contribution is -2.33. The Morgan fingerprint density at radius 1 is 1.38 bits per heavy atom. The van der Waals surface area contributed by atoms with Crippen LogP contribution in [0.25, 0.3) is 0 Å². The molecule has 13 heavy (non-hydrogen) atoms. The molecule has 0 radical (unpaired) electrons. The van der Waals surface area contributed by atoms with E-state index < -0.39 is 0 Å². The van der Waals surface area contributed by atoms with E-state index in [1.54, 1.807) is 0 Å². The predicted octanol–water partition coefficient (Wildman–Crippen LogP) is 1.88. The molecule has 0 heterocycles. The highest BCUT2D eigenvalue weighted by Gasteiger charge is 2.06. The number of rotatable bonds is 7. The first-order valence-corrected chi connectivity index (χ1v) is 5.12. The third-order valence-corrected chi connectivity index (χ3v) is 2.28. The summed E-state index contributed by atoms with van der Waals surface area (Å²) in [5.41, 5.74) is 0. The molecule has 0 saturated carbocycles. The number of hydrogen-bond donors (Lipinski definition) is 1. The van der Waals surface area contributed by atoms with E-state index in [9.17, 15) is 0 Å². The van der Waals surface area contributed by atoms with Crippen LogP contribution in [0.15, 0.2) is 12.7 Å². The van der Waals surface area contributed by atoms with Crippen molar-refractivity contribution in [2.75, 3.05) is 20.1 Å². The zero-order chi connectivity index (χ0) is 10.3. The number of likely N-dealkylation sites (N-methyl/N-ethyl adjacent to an activating group) is 1. The molecule has 0 aliphatic carbocycles. The van der Waals surface area contributed by atoms with Crippen molar-refractivity contribution in [3.05, 3.63) is 12.7 Å². The zero-order valence-corrected chi connectivity index (χ0v) is 9.51. The molecule has 0 saturated heterocycles. The van der Waals surface area contributed by atoms with Gasteiger partial charge in [-0.2, -0.15) is 0 Å². The van der Waals surface area contributed by atoms with Crippen molar-refractivity contribution in [3.63, 3.8) is 0 Å². The van der Waals surface area contributed by atoms with Gasteiger partial charge in [-0.05, 0) is 26.9 Å². The maximum absolute atomic E-state index is 3.73. The fourth-order valence-electron chi connectivity index (χ4n) is 1.18. The second-order valence-electron chi connectivity index (χ2n) is 3.97. The van der Waals surface area contributed by atoms with E-state index in [0.717, 1.165) is 13.1 Å². The number of hydrogen-bond acceptors (Lipinski definition) is 2. The molecule has 1 unspecified atom stereocenters. The Kier molecular flexibility index (Phi) is 6.92. The van der Waals surface area contributed by atoms with Crippen molar-refractivity contribution < 1.29 is 0 Å². The molecular weight excluding hydrogens is 160 g/mol. The molecule has 0 spiro atoms. The summed E-state index contributed by atoms with van der Waals surface area (Å²) in [6.07, 6.45) is 3.15. The molecule has 1 N–H and O–H groups in total. The van der Waals surface area contributed by atoms with E-state index in [0.29, 0.717) is 12.1 Å². The number of nitrogens with zero attached hydrogens (tertiary/aromatic N) is 1. The Balaban J connectivity index is 3.48. The molecule has 0 aliphatic heterocycles. The fourth-order valence-corrected chi connectivity index (χ4v) is 1.18. The van der Waals surface area contributed by atoms with E-state index in [1.165, 1.54) is 6.42 Å². The maximum atomic E-state index is 3.73. The molecule has 0 aromatic carbocycles. The molecule has 0 aliphatic rings. The van der Waals surface area contributed by atoms with Gasteiger partial charge in [0.25, 0.3) is 0 Å². The van der Waals surface area contributed by atoms with E-state index in [-0.39, 0.29) is 0 Å². The Labute approximate surface area is 83.0 Å². The summed E-state index contributed by atoms with van der Waals surface area (Å²) in [6.45, 7) is 12.4. The van der Waals surface area contributed by atoms with Crippen LogP contribution < -0.4 is 5.32 Å². The van der Waals surface area contributed by atoms with Gasteiger partial charge in [0.05, 0.1) is 0 Å². The van der Waals surface area contributed by atoms with Crippen LogP contribution in [0.5, 0.6) is 0 Å². The van der Waals surface area contributed by atoms with Gasteiger partial charge >= 0.3 is 0 Å². The van der Waals surface area contributed by atoms with E-state index in [4.69, 9.17) is 0 Å². The Morgan fingerprint density at radius 2 is 2.00 bits per heavy atom. The highest BCUT2D eigenvalue weighted by molar-refractivity contribution is 4.75. The van der Waals surface area contributed by atoms with Crippen molar-refractivity contribution in [1.29, 1.82) is 0 Å². The SMILES string of the molecule is C=CCN(C)C(C)CCNC(C)C. The summed E-state index contributed by atoms with van der Waals surface area (Å²) in [7, 11) is 2.14. The van der Waals surface area contributed by atoms with Gasteiger partial charge in [-0.25, -0.2) is 0 Å². The molecule has 78 valence electrons. The summed E-state index contributed by atoms with van der Waals surface area (Å²) in [5.74, 6) is 0. The lowest BCUT2D eigenvalue weighted by atomic mass is 10.2. The molecule has 0 rings (SSSR count). The first-order valence-electron chi connectivity index (χ1n) is 5.12. The first-order chi connectivity index (χ1) is 6.07. The molecule has 2 nitrogen and oxygen atoms in total. The van der Waals surface area contributed by atoms with Crippen LogP contribution in [0.3, 0.4) is 0 Å². The summed E-state index contributed by atoms with van der Waals surface area (Å²) in [4.78, 5) is 2.31. The van der Waals surface area contributed by atoms with E-state index >= 15 is 0 Å². The minimum absolute atomic E-state index is 0.594. The average molecular weight is 184 g/mol. The van der Waals surface area contributed by atoms with Crippen LogP contribution >= 0.6 is 0 Å². The topological polar surface area (TPSA) is 15.3 Å². The number of nitrogens with one attached hydrogen (secondary N) is 1. The molecule has 1 atom stereocenters. The van der Waals surface area contributed by atoms with E-state index in [1.807, 2.05) is 6.08 Å². The molecular formula is C11H24N2. The second-order valence-corrected chi connectivity index (χ2v) is 3.97. The molecule has 2 heteroatoms. The molecule has 0 bridgehead atoms. The summed E-state index contributed by atoms with van der Waals surface area (Å²) in [6, 6.07) is 1.22. The fraction of sp³-hybridized carbons (Fsp3) is 0.818. The summed E-state index contributed by atoms with van der Waals surface area (Å²) < 4.78 is 0. The Hall–Kier alpha value is -0.340. The monoisotopic (exact) mass is 184 g/mol. The van der Waals surface area contributed by atoms with Gasteiger partial charge < -0.3 is 10.2 Å². The lowest BCUT2D eigenvalue weighted by molar-refractivity contribution is 0.267. The average Bonchev–Trinajstić information content (AvgIpc) is 2.04. The van der Waals surface area contributed by atoms with Crippen molar-refractivity contribution in [2.24, 2.45) is 0 Å². The smallest absolute Gasteiger partial charge is 0.0160 e. The van der Waals surface area contributed by atoms with Gasteiger partial charge in [0.15, 0.2) is 0 Å². The van der Waals surface area contributed by atoms with Gasteiger partial charge in [-0.3, -0.25) is 0 Å².